The third-order valence-corrected chi connectivity index (χ3v) is 3.15. The molecule has 0 bridgehead atoms. The highest BCUT2D eigenvalue weighted by molar-refractivity contribution is 4.82. The molecule has 0 amide bonds. The number of ether oxygens (including phenoxy) is 2. The zero-order valence-corrected chi connectivity index (χ0v) is 9.58. The Kier molecular flexibility index (Phi) is 4.38. The van der Waals surface area contributed by atoms with Gasteiger partial charge >= 0.3 is 0 Å². The van der Waals surface area contributed by atoms with Gasteiger partial charge in [-0.1, -0.05) is 0 Å². The van der Waals surface area contributed by atoms with E-state index in [0.717, 1.165) is 38.7 Å². The molecule has 88 valence electrons. The highest BCUT2D eigenvalue weighted by Gasteiger charge is 2.25. The maximum Gasteiger partial charge on any atom is 0.147 e. The lowest BCUT2D eigenvalue weighted by atomic mass is 10.2. The first kappa shape index (κ1) is 11.3. The van der Waals surface area contributed by atoms with Gasteiger partial charge in [-0.05, 0) is 26.3 Å². The van der Waals surface area contributed by atoms with Crippen LogP contribution in [0.4, 0.5) is 0 Å². The van der Waals surface area contributed by atoms with Crippen molar-refractivity contribution in [3.8, 4) is 0 Å². The summed E-state index contributed by atoms with van der Waals surface area (Å²) in [4.78, 5) is 2.44. The standard InChI is InChI=1S/C11H22N2O2/c1-13(10-2-3-10)6-5-12-8-11-4-7-14-9-15-11/h10-12H,2-9H2,1H3. The zero-order chi connectivity index (χ0) is 10.5. The van der Waals surface area contributed by atoms with Crippen molar-refractivity contribution in [3.05, 3.63) is 0 Å². The zero-order valence-electron chi connectivity index (χ0n) is 9.58. The van der Waals surface area contributed by atoms with Crippen molar-refractivity contribution in [3.63, 3.8) is 0 Å². The van der Waals surface area contributed by atoms with E-state index < -0.39 is 0 Å². The minimum absolute atomic E-state index is 0.352. The number of rotatable bonds is 6. The molecule has 0 radical (unpaired) electrons. The molecule has 1 saturated heterocycles. The third-order valence-electron chi connectivity index (χ3n) is 3.15. The van der Waals surface area contributed by atoms with Gasteiger partial charge in [0.05, 0.1) is 12.7 Å². The molecule has 2 rings (SSSR count). The van der Waals surface area contributed by atoms with Crippen LogP contribution in [0.15, 0.2) is 0 Å². The SMILES string of the molecule is CN(CCNCC1CCOCO1)C1CC1. The van der Waals surface area contributed by atoms with Crippen molar-refractivity contribution in [1.82, 2.24) is 10.2 Å². The van der Waals surface area contributed by atoms with E-state index in [1.54, 1.807) is 0 Å². The average molecular weight is 214 g/mol. The lowest BCUT2D eigenvalue weighted by Gasteiger charge is -2.23. The summed E-state index contributed by atoms with van der Waals surface area (Å²) < 4.78 is 10.6. The Morgan fingerprint density at radius 2 is 2.20 bits per heavy atom. The molecule has 1 N–H and O–H groups in total. The minimum atomic E-state index is 0.352. The lowest BCUT2D eigenvalue weighted by Crippen LogP contribution is -2.37. The van der Waals surface area contributed by atoms with Gasteiger partial charge in [-0.2, -0.15) is 0 Å². The van der Waals surface area contributed by atoms with Crippen LogP contribution in [-0.2, 0) is 9.47 Å². The second kappa shape index (κ2) is 5.80. The predicted molar refractivity (Wildman–Crippen MR) is 58.8 cm³/mol. The van der Waals surface area contributed by atoms with Crippen LogP contribution in [0.3, 0.4) is 0 Å². The molecular weight excluding hydrogens is 192 g/mol. The Labute approximate surface area is 91.9 Å². The molecule has 4 nitrogen and oxygen atoms in total. The van der Waals surface area contributed by atoms with Crippen molar-refractivity contribution in [2.24, 2.45) is 0 Å². The summed E-state index contributed by atoms with van der Waals surface area (Å²) in [5.74, 6) is 0. The Morgan fingerprint density at radius 3 is 2.87 bits per heavy atom. The fourth-order valence-corrected chi connectivity index (χ4v) is 1.88. The van der Waals surface area contributed by atoms with E-state index in [-0.39, 0.29) is 0 Å². The maximum atomic E-state index is 5.45. The monoisotopic (exact) mass is 214 g/mol. The molecule has 1 atom stereocenters. The van der Waals surface area contributed by atoms with Gasteiger partial charge in [0, 0.05) is 25.7 Å². The Morgan fingerprint density at radius 1 is 1.33 bits per heavy atom. The molecule has 15 heavy (non-hydrogen) atoms. The van der Waals surface area contributed by atoms with Crippen molar-refractivity contribution >= 4 is 0 Å². The van der Waals surface area contributed by atoms with Gasteiger partial charge in [0.2, 0.25) is 0 Å². The molecule has 0 aromatic rings. The van der Waals surface area contributed by atoms with E-state index in [1.165, 1.54) is 12.8 Å². The van der Waals surface area contributed by atoms with Gasteiger partial charge in [0.15, 0.2) is 0 Å². The molecule has 1 unspecified atom stereocenters. The molecule has 1 aliphatic heterocycles. The third kappa shape index (κ3) is 4.07. The molecule has 1 saturated carbocycles. The van der Waals surface area contributed by atoms with Gasteiger partial charge in [-0.25, -0.2) is 0 Å². The number of likely N-dealkylation sites (N-methyl/N-ethyl adjacent to an activating group) is 1. The smallest absolute Gasteiger partial charge is 0.147 e. The van der Waals surface area contributed by atoms with E-state index in [4.69, 9.17) is 9.47 Å². The fourth-order valence-electron chi connectivity index (χ4n) is 1.88. The first-order valence-corrected chi connectivity index (χ1v) is 5.96. The van der Waals surface area contributed by atoms with Gasteiger partial charge in [0.25, 0.3) is 0 Å². The van der Waals surface area contributed by atoms with Gasteiger partial charge in [0.1, 0.15) is 6.79 Å². The number of nitrogens with one attached hydrogen (secondary N) is 1. The highest BCUT2D eigenvalue weighted by Crippen LogP contribution is 2.24. The molecular formula is C11H22N2O2. The molecule has 2 fully saturated rings. The number of nitrogens with zero attached hydrogens (tertiary/aromatic N) is 1. The molecule has 0 aromatic carbocycles. The van der Waals surface area contributed by atoms with Crippen LogP contribution in [0.1, 0.15) is 19.3 Å². The van der Waals surface area contributed by atoms with Crippen molar-refractivity contribution in [2.45, 2.75) is 31.4 Å². The first-order chi connectivity index (χ1) is 7.36. The van der Waals surface area contributed by atoms with Gasteiger partial charge < -0.3 is 19.7 Å². The van der Waals surface area contributed by atoms with Crippen LogP contribution in [0.5, 0.6) is 0 Å². The molecule has 2 aliphatic rings. The highest BCUT2D eigenvalue weighted by atomic mass is 16.7. The normalized spacial score (nSPS) is 27.2. The second-order valence-electron chi connectivity index (χ2n) is 4.52. The van der Waals surface area contributed by atoms with Gasteiger partial charge in [-0.15, -0.1) is 0 Å². The summed E-state index contributed by atoms with van der Waals surface area (Å²) in [7, 11) is 2.21. The van der Waals surface area contributed by atoms with E-state index >= 15 is 0 Å². The quantitative estimate of drug-likeness (QED) is 0.650. The summed E-state index contributed by atoms with van der Waals surface area (Å²) in [5.41, 5.74) is 0. The van der Waals surface area contributed by atoms with E-state index in [2.05, 4.69) is 17.3 Å². The van der Waals surface area contributed by atoms with Crippen molar-refractivity contribution in [1.29, 1.82) is 0 Å². The Hall–Kier alpha value is -0.160. The number of hydrogen-bond donors (Lipinski definition) is 1. The van der Waals surface area contributed by atoms with Crippen LogP contribution in [0.25, 0.3) is 0 Å². The van der Waals surface area contributed by atoms with Gasteiger partial charge in [-0.3, -0.25) is 0 Å². The van der Waals surface area contributed by atoms with Crippen LogP contribution >= 0.6 is 0 Å². The average Bonchev–Trinajstić information content (AvgIpc) is 3.09. The fraction of sp³-hybridized carbons (Fsp3) is 1.00. The topological polar surface area (TPSA) is 33.7 Å². The molecule has 1 heterocycles. The summed E-state index contributed by atoms with van der Waals surface area (Å²) >= 11 is 0. The van der Waals surface area contributed by atoms with Crippen molar-refractivity contribution in [2.75, 3.05) is 40.1 Å². The predicted octanol–water partition coefficient (Wildman–Crippen LogP) is 0.433. The van der Waals surface area contributed by atoms with Crippen LogP contribution in [0, 0.1) is 0 Å². The second-order valence-corrected chi connectivity index (χ2v) is 4.52. The Bertz CT molecular complexity index is 179. The van der Waals surface area contributed by atoms with E-state index in [1.807, 2.05) is 0 Å². The Balaban J connectivity index is 1.46. The van der Waals surface area contributed by atoms with Crippen molar-refractivity contribution < 1.29 is 9.47 Å². The summed E-state index contributed by atoms with van der Waals surface area (Å²) in [5, 5.41) is 3.45. The maximum absolute atomic E-state index is 5.45. The van der Waals surface area contributed by atoms with Crippen LogP contribution < -0.4 is 5.32 Å². The molecule has 1 aliphatic carbocycles. The lowest BCUT2D eigenvalue weighted by molar-refractivity contribution is -0.137. The molecule has 4 heteroatoms. The molecule has 0 spiro atoms. The largest absolute Gasteiger partial charge is 0.355 e. The van der Waals surface area contributed by atoms with E-state index in [9.17, 15) is 0 Å². The van der Waals surface area contributed by atoms with Crippen LogP contribution in [0.2, 0.25) is 0 Å². The van der Waals surface area contributed by atoms with E-state index in [0.29, 0.717) is 12.9 Å². The van der Waals surface area contributed by atoms with Crippen LogP contribution in [-0.4, -0.2) is 57.1 Å². The molecule has 0 aromatic heterocycles. The summed E-state index contributed by atoms with van der Waals surface area (Å²) in [6, 6.07) is 0.867. The minimum Gasteiger partial charge on any atom is -0.355 e. The number of hydrogen-bond acceptors (Lipinski definition) is 4. The first-order valence-electron chi connectivity index (χ1n) is 5.96. The summed E-state index contributed by atoms with van der Waals surface area (Å²) in [6.45, 7) is 4.48. The summed E-state index contributed by atoms with van der Waals surface area (Å²) in [6.07, 6.45) is 4.15.